The molecule has 0 aromatic carbocycles. The van der Waals surface area contributed by atoms with Crippen molar-refractivity contribution in [2.24, 2.45) is 0 Å². The first-order valence-electron chi connectivity index (χ1n) is 7.84. The standard InChI is InChI=1S/C15H13F3N2O2S.C2HF3O2/c1-9(10-4-3-7-19-8-10)20(2)14(22)12-6-5-11(23-12)13(21)15(16,17)18;3-2(4,5)1(6)7/h3-9H,1-2H3;(H,6,7). The molecule has 2 aromatic rings. The molecular weight excluding hydrogens is 442 g/mol. The molecule has 0 bridgehead atoms. The smallest absolute Gasteiger partial charge is 0.475 e. The average molecular weight is 456 g/mol. The Morgan fingerprint density at radius 2 is 1.57 bits per heavy atom. The third-order valence-electron chi connectivity index (χ3n) is 3.61. The summed E-state index contributed by atoms with van der Waals surface area (Å²) in [6.07, 6.45) is -6.81. The number of hydrogen-bond donors (Lipinski definition) is 1. The van der Waals surface area contributed by atoms with Crippen LogP contribution >= 0.6 is 11.3 Å². The van der Waals surface area contributed by atoms with Crippen LogP contribution in [0.2, 0.25) is 0 Å². The van der Waals surface area contributed by atoms with Crippen LogP contribution in [0.3, 0.4) is 0 Å². The highest BCUT2D eigenvalue weighted by atomic mass is 32.1. The van der Waals surface area contributed by atoms with E-state index >= 15 is 0 Å². The molecule has 1 amide bonds. The van der Waals surface area contributed by atoms with Gasteiger partial charge in [-0.3, -0.25) is 14.6 Å². The Hall–Kier alpha value is -2.96. The predicted molar refractivity (Wildman–Crippen MR) is 93.1 cm³/mol. The van der Waals surface area contributed by atoms with Gasteiger partial charge in [0.05, 0.1) is 15.8 Å². The van der Waals surface area contributed by atoms with E-state index in [0.29, 0.717) is 11.3 Å². The molecule has 0 saturated carbocycles. The van der Waals surface area contributed by atoms with Gasteiger partial charge in [0.2, 0.25) is 0 Å². The minimum atomic E-state index is -5.08. The van der Waals surface area contributed by atoms with Gasteiger partial charge < -0.3 is 10.0 Å². The fourth-order valence-corrected chi connectivity index (χ4v) is 2.86. The largest absolute Gasteiger partial charge is 0.490 e. The van der Waals surface area contributed by atoms with E-state index < -0.39 is 34.9 Å². The number of hydrogen-bond acceptors (Lipinski definition) is 5. The summed E-state index contributed by atoms with van der Waals surface area (Å²) >= 11 is 0.541. The lowest BCUT2D eigenvalue weighted by molar-refractivity contribution is -0.192. The number of carbonyl (C=O) groups is 3. The Balaban J connectivity index is 0.000000553. The van der Waals surface area contributed by atoms with E-state index in [4.69, 9.17) is 9.90 Å². The Bertz CT molecular complexity index is 896. The minimum Gasteiger partial charge on any atom is -0.475 e. The Kier molecular flexibility index (Phi) is 8.10. The Morgan fingerprint density at radius 1 is 1.03 bits per heavy atom. The maximum Gasteiger partial charge on any atom is 0.490 e. The van der Waals surface area contributed by atoms with Crippen molar-refractivity contribution in [3.05, 3.63) is 52.0 Å². The van der Waals surface area contributed by atoms with Gasteiger partial charge in [0.25, 0.3) is 11.7 Å². The van der Waals surface area contributed by atoms with E-state index in [2.05, 4.69) is 4.98 Å². The first-order chi connectivity index (χ1) is 13.7. The molecule has 2 rings (SSSR count). The van der Waals surface area contributed by atoms with Gasteiger partial charge in [-0.2, -0.15) is 26.3 Å². The summed E-state index contributed by atoms with van der Waals surface area (Å²) in [5.74, 6) is -5.15. The number of pyridine rings is 1. The lowest BCUT2D eigenvalue weighted by Crippen LogP contribution is -2.29. The van der Waals surface area contributed by atoms with E-state index in [9.17, 15) is 35.9 Å². The Morgan fingerprint density at radius 3 is 2.00 bits per heavy atom. The van der Waals surface area contributed by atoms with Crippen molar-refractivity contribution in [1.29, 1.82) is 0 Å². The van der Waals surface area contributed by atoms with Crippen LogP contribution in [0.5, 0.6) is 0 Å². The van der Waals surface area contributed by atoms with Crippen molar-refractivity contribution in [1.82, 2.24) is 9.88 Å². The van der Waals surface area contributed by atoms with Gasteiger partial charge in [-0.05, 0) is 30.7 Å². The number of aliphatic carboxylic acids is 1. The molecular formula is C17H14F6N2O4S. The maximum absolute atomic E-state index is 12.4. The summed E-state index contributed by atoms with van der Waals surface area (Å²) in [7, 11) is 1.55. The third kappa shape index (κ3) is 6.83. The first kappa shape index (κ1) is 25.1. The molecule has 0 spiro atoms. The lowest BCUT2D eigenvalue weighted by Gasteiger charge is -2.24. The summed E-state index contributed by atoms with van der Waals surface area (Å²) in [6.45, 7) is 1.78. The van der Waals surface area contributed by atoms with Gasteiger partial charge in [-0.25, -0.2) is 4.79 Å². The zero-order valence-corrected chi connectivity index (χ0v) is 16.1. The van der Waals surface area contributed by atoms with Crippen molar-refractivity contribution in [2.45, 2.75) is 25.3 Å². The van der Waals surface area contributed by atoms with Crippen LogP contribution in [0, 0.1) is 0 Å². The molecule has 13 heteroatoms. The number of Topliss-reactive ketones (excluding diaryl/α,β-unsaturated/α-hetero) is 1. The molecule has 2 heterocycles. The molecule has 0 radical (unpaired) electrons. The van der Waals surface area contributed by atoms with Crippen molar-refractivity contribution >= 4 is 29.0 Å². The molecule has 1 atom stereocenters. The monoisotopic (exact) mass is 456 g/mol. The molecule has 0 aliphatic carbocycles. The highest BCUT2D eigenvalue weighted by Gasteiger charge is 2.40. The normalized spacial score (nSPS) is 12.4. The number of nitrogens with zero attached hydrogens (tertiary/aromatic N) is 2. The van der Waals surface area contributed by atoms with Crippen LogP contribution < -0.4 is 0 Å². The number of carbonyl (C=O) groups excluding carboxylic acids is 2. The highest BCUT2D eigenvalue weighted by molar-refractivity contribution is 7.16. The topological polar surface area (TPSA) is 87.6 Å². The summed E-state index contributed by atoms with van der Waals surface area (Å²) < 4.78 is 69.0. The van der Waals surface area contributed by atoms with Crippen LogP contribution in [0.25, 0.3) is 0 Å². The zero-order valence-electron chi connectivity index (χ0n) is 15.3. The summed E-state index contributed by atoms with van der Waals surface area (Å²) in [6, 6.07) is 5.48. The fraction of sp³-hybridized carbons (Fsp3) is 0.294. The van der Waals surface area contributed by atoms with Crippen molar-refractivity contribution in [3.8, 4) is 0 Å². The zero-order chi connectivity index (χ0) is 23.3. The number of aromatic nitrogens is 1. The van der Waals surface area contributed by atoms with Crippen LogP contribution in [0.15, 0.2) is 36.7 Å². The van der Waals surface area contributed by atoms with E-state index in [1.54, 1.807) is 38.5 Å². The summed E-state index contributed by atoms with van der Waals surface area (Å²) in [5.41, 5.74) is 0.798. The van der Waals surface area contributed by atoms with E-state index in [1.807, 2.05) is 0 Å². The van der Waals surface area contributed by atoms with Gasteiger partial charge in [-0.1, -0.05) is 6.07 Å². The molecule has 1 N–H and O–H groups in total. The minimum absolute atomic E-state index is 0.0795. The SMILES string of the molecule is CC(c1cccnc1)N(C)C(=O)c1ccc(C(=O)C(F)(F)F)s1.O=C(O)C(F)(F)F. The van der Waals surface area contributed by atoms with Gasteiger partial charge in [0, 0.05) is 19.4 Å². The molecule has 6 nitrogen and oxygen atoms in total. The first-order valence-corrected chi connectivity index (χ1v) is 8.66. The molecule has 0 fully saturated rings. The molecule has 30 heavy (non-hydrogen) atoms. The number of ketones is 1. The number of amides is 1. The van der Waals surface area contributed by atoms with Gasteiger partial charge in [0.1, 0.15) is 0 Å². The number of thiophene rings is 1. The molecule has 2 aromatic heterocycles. The summed E-state index contributed by atoms with van der Waals surface area (Å²) in [5, 5.41) is 7.12. The number of carboxylic acids is 1. The molecule has 0 saturated heterocycles. The molecule has 0 aliphatic heterocycles. The second-order valence-corrected chi connectivity index (χ2v) is 6.76. The number of alkyl halides is 6. The Labute approximate surface area is 169 Å². The van der Waals surface area contributed by atoms with Gasteiger partial charge in [-0.15, -0.1) is 11.3 Å². The quantitative estimate of drug-likeness (QED) is 0.546. The van der Waals surface area contributed by atoms with Gasteiger partial charge >= 0.3 is 18.3 Å². The second-order valence-electron chi connectivity index (χ2n) is 5.67. The molecule has 164 valence electrons. The predicted octanol–water partition coefficient (Wildman–Crippen LogP) is 4.35. The van der Waals surface area contributed by atoms with Crippen molar-refractivity contribution < 1.29 is 45.8 Å². The van der Waals surface area contributed by atoms with Crippen molar-refractivity contribution in [3.63, 3.8) is 0 Å². The number of carboxylic acid groups (broad SMARTS) is 1. The second kappa shape index (κ2) is 9.69. The van der Waals surface area contributed by atoms with E-state index in [1.165, 1.54) is 11.0 Å². The number of halogens is 6. The summed E-state index contributed by atoms with van der Waals surface area (Å²) in [4.78, 5) is 37.4. The van der Waals surface area contributed by atoms with Crippen LogP contribution in [-0.2, 0) is 4.79 Å². The highest BCUT2D eigenvalue weighted by Crippen LogP contribution is 2.28. The van der Waals surface area contributed by atoms with E-state index in [-0.39, 0.29) is 10.9 Å². The number of rotatable bonds is 4. The fourth-order valence-electron chi connectivity index (χ4n) is 1.91. The van der Waals surface area contributed by atoms with Crippen molar-refractivity contribution in [2.75, 3.05) is 7.05 Å². The maximum atomic E-state index is 12.4. The third-order valence-corrected chi connectivity index (χ3v) is 4.68. The van der Waals surface area contributed by atoms with E-state index in [0.717, 1.165) is 11.6 Å². The van der Waals surface area contributed by atoms with Gasteiger partial charge in [0.15, 0.2) is 0 Å². The molecule has 1 unspecified atom stereocenters. The lowest BCUT2D eigenvalue weighted by atomic mass is 10.1. The molecule has 0 aliphatic rings. The average Bonchev–Trinajstić information content (AvgIpc) is 3.15. The van der Waals surface area contributed by atoms with Crippen LogP contribution in [0.1, 0.15) is 37.9 Å². The van der Waals surface area contributed by atoms with Crippen LogP contribution in [0.4, 0.5) is 26.3 Å². The van der Waals surface area contributed by atoms with Crippen LogP contribution in [-0.4, -0.2) is 52.1 Å².